The fourth-order valence-corrected chi connectivity index (χ4v) is 2.29. The summed E-state index contributed by atoms with van der Waals surface area (Å²) in [5, 5.41) is 14.2. The number of nitrogens with zero attached hydrogens (tertiary/aromatic N) is 2. The van der Waals surface area contributed by atoms with Crippen molar-refractivity contribution in [2.75, 3.05) is 10.6 Å². The number of carbonyl (C=O) groups is 1. The van der Waals surface area contributed by atoms with Gasteiger partial charge in [0, 0.05) is 12.5 Å². The van der Waals surface area contributed by atoms with Crippen LogP contribution in [0, 0.1) is 12.8 Å². The molecule has 5 heteroatoms. The average Bonchev–Trinajstić information content (AvgIpc) is 2.46. The number of hydrogen-bond donors (Lipinski definition) is 2. The van der Waals surface area contributed by atoms with Gasteiger partial charge in [-0.1, -0.05) is 36.2 Å². The molecule has 0 atom stereocenters. The molecule has 0 spiro atoms. The second-order valence-corrected chi connectivity index (χ2v) is 5.76. The van der Waals surface area contributed by atoms with E-state index in [2.05, 4.69) is 52.0 Å². The molecule has 1 fully saturated rings. The summed E-state index contributed by atoms with van der Waals surface area (Å²) < 4.78 is 0. The molecule has 1 aliphatic carbocycles. The lowest BCUT2D eigenvalue weighted by molar-refractivity contribution is -0.122. The molecule has 0 saturated heterocycles. The molecule has 1 amide bonds. The van der Waals surface area contributed by atoms with Crippen LogP contribution >= 0.6 is 0 Å². The first-order valence-corrected chi connectivity index (χ1v) is 7.65. The van der Waals surface area contributed by atoms with E-state index in [1.54, 1.807) is 6.07 Å². The van der Waals surface area contributed by atoms with Gasteiger partial charge in [0.05, 0.1) is 0 Å². The second kappa shape index (κ2) is 6.56. The molecule has 1 aromatic carbocycles. The fourth-order valence-electron chi connectivity index (χ4n) is 2.29. The quantitative estimate of drug-likeness (QED) is 0.889. The topological polar surface area (TPSA) is 66.9 Å². The number of aryl methyl sites for hydroxylation is 1. The summed E-state index contributed by atoms with van der Waals surface area (Å²) in [6.45, 7) is 2.77. The van der Waals surface area contributed by atoms with E-state index in [0.29, 0.717) is 18.2 Å². The van der Waals surface area contributed by atoms with Crippen LogP contribution in [-0.4, -0.2) is 16.1 Å². The highest BCUT2D eigenvalue weighted by Crippen LogP contribution is 2.27. The minimum atomic E-state index is 0.0564. The third-order valence-electron chi connectivity index (χ3n) is 3.99. The number of benzene rings is 1. The van der Waals surface area contributed by atoms with Crippen molar-refractivity contribution in [1.29, 1.82) is 0 Å². The summed E-state index contributed by atoms with van der Waals surface area (Å²) in [6, 6.07) is 12.0. The fraction of sp³-hybridized carbons (Fsp3) is 0.353. The Balaban J connectivity index is 1.52. The molecule has 0 radical (unpaired) electrons. The number of anilines is 2. The highest BCUT2D eigenvalue weighted by Gasteiger charge is 2.25. The third kappa shape index (κ3) is 3.61. The molecule has 22 heavy (non-hydrogen) atoms. The summed E-state index contributed by atoms with van der Waals surface area (Å²) in [4.78, 5) is 11.8. The van der Waals surface area contributed by atoms with Crippen molar-refractivity contribution in [3.8, 4) is 0 Å². The van der Waals surface area contributed by atoms with E-state index >= 15 is 0 Å². The number of amides is 1. The van der Waals surface area contributed by atoms with Crippen molar-refractivity contribution in [1.82, 2.24) is 10.2 Å². The summed E-state index contributed by atoms with van der Waals surface area (Å²) in [5.74, 6) is 1.42. The molecule has 5 nitrogen and oxygen atoms in total. The Kier molecular flexibility index (Phi) is 4.32. The summed E-state index contributed by atoms with van der Waals surface area (Å²) >= 11 is 0. The van der Waals surface area contributed by atoms with E-state index in [0.717, 1.165) is 19.3 Å². The summed E-state index contributed by atoms with van der Waals surface area (Å²) in [5.41, 5.74) is 2.44. The largest absolute Gasteiger partial charge is 0.365 e. The maximum absolute atomic E-state index is 11.8. The zero-order valence-electron chi connectivity index (χ0n) is 12.7. The molecule has 0 aliphatic heterocycles. The predicted octanol–water partition coefficient (Wildman–Crippen LogP) is 3.14. The number of rotatable bonds is 5. The van der Waals surface area contributed by atoms with Gasteiger partial charge in [-0.25, -0.2) is 0 Å². The Hall–Kier alpha value is -2.43. The number of aromatic nitrogens is 2. The van der Waals surface area contributed by atoms with Crippen molar-refractivity contribution in [2.45, 2.75) is 32.7 Å². The first kappa shape index (κ1) is 14.5. The van der Waals surface area contributed by atoms with Gasteiger partial charge in [0.25, 0.3) is 0 Å². The van der Waals surface area contributed by atoms with Crippen LogP contribution in [0.25, 0.3) is 0 Å². The normalized spacial score (nSPS) is 14.2. The molecule has 1 aromatic heterocycles. The molecule has 1 aliphatic rings. The number of hydrogen-bond acceptors (Lipinski definition) is 4. The van der Waals surface area contributed by atoms with E-state index < -0.39 is 0 Å². The Morgan fingerprint density at radius 2 is 1.77 bits per heavy atom. The van der Waals surface area contributed by atoms with E-state index in [-0.39, 0.29) is 11.8 Å². The van der Waals surface area contributed by atoms with Gasteiger partial charge in [-0.2, -0.15) is 0 Å². The van der Waals surface area contributed by atoms with E-state index in [1.807, 2.05) is 6.07 Å². The average molecular weight is 296 g/mol. The molecule has 114 valence electrons. The monoisotopic (exact) mass is 296 g/mol. The highest BCUT2D eigenvalue weighted by molar-refractivity contribution is 5.92. The van der Waals surface area contributed by atoms with Gasteiger partial charge in [0.2, 0.25) is 5.91 Å². The van der Waals surface area contributed by atoms with Crippen molar-refractivity contribution < 1.29 is 4.79 Å². The Labute approximate surface area is 130 Å². The van der Waals surface area contributed by atoms with Crippen LogP contribution in [0.3, 0.4) is 0 Å². The van der Waals surface area contributed by atoms with Crippen LogP contribution in [0.2, 0.25) is 0 Å². The van der Waals surface area contributed by atoms with Gasteiger partial charge >= 0.3 is 0 Å². The van der Waals surface area contributed by atoms with Gasteiger partial charge in [-0.15, -0.1) is 10.2 Å². The lowest BCUT2D eigenvalue weighted by Gasteiger charge is -2.23. The molecule has 0 bridgehead atoms. The molecule has 1 saturated carbocycles. The molecular weight excluding hydrogens is 276 g/mol. The van der Waals surface area contributed by atoms with Crippen LogP contribution < -0.4 is 10.6 Å². The highest BCUT2D eigenvalue weighted by atomic mass is 16.2. The molecular formula is C17H20N4O. The van der Waals surface area contributed by atoms with Gasteiger partial charge < -0.3 is 10.6 Å². The molecule has 0 unspecified atom stereocenters. The first-order valence-electron chi connectivity index (χ1n) is 7.65. The van der Waals surface area contributed by atoms with Crippen LogP contribution in [0.15, 0.2) is 36.4 Å². The van der Waals surface area contributed by atoms with Crippen molar-refractivity contribution >= 4 is 17.5 Å². The van der Waals surface area contributed by atoms with Gasteiger partial charge in [-0.05, 0) is 37.5 Å². The summed E-state index contributed by atoms with van der Waals surface area (Å²) in [6.07, 6.45) is 3.11. The van der Waals surface area contributed by atoms with Crippen molar-refractivity contribution in [3.05, 3.63) is 47.5 Å². The van der Waals surface area contributed by atoms with Crippen LogP contribution in [0.5, 0.6) is 0 Å². The standard InChI is InChI=1S/C17H20N4O/c1-12-5-7-13(8-6-12)11-18-15-9-10-16(21-20-15)19-17(22)14-3-2-4-14/h5-10,14H,2-4,11H2,1H3,(H,18,20)(H,19,21,22). The minimum absolute atomic E-state index is 0.0564. The van der Waals surface area contributed by atoms with Gasteiger partial charge in [0.15, 0.2) is 5.82 Å². The molecule has 1 heterocycles. The van der Waals surface area contributed by atoms with E-state index in [4.69, 9.17) is 0 Å². The number of nitrogens with one attached hydrogen (secondary N) is 2. The van der Waals surface area contributed by atoms with Gasteiger partial charge in [0.1, 0.15) is 5.82 Å². The van der Waals surface area contributed by atoms with Crippen LogP contribution in [0.1, 0.15) is 30.4 Å². The van der Waals surface area contributed by atoms with E-state index in [9.17, 15) is 4.79 Å². The Morgan fingerprint density at radius 3 is 2.36 bits per heavy atom. The molecule has 2 aromatic rings. The lowest BCUT2D eigenvalue weighted by atomic mass is 9.85. The zero-order chi connectivity index (χ0) is 15.4. The van der Waals surface area contributed by atoms with E-state index in [1.165, 1.54) is 11.1 Å². The van der Waals surface area contributed by atoms with Gasteiger partial charge in [-0.3, -0.25) is 4.79 Å². The van der Waals surface area contributed by atoms with Crippen LogP contribution in [0.4, 0.5) is 11.6 Å². The molecule has 2 N–H and O–H groups in total. The van der Waals surface area contributed by atoms with Crippen molar-refractivity contribution in [3.63, 3.8) is 0 Å². The summed E-state index contributed by atoms with van der Waals surface area (Å²) in [7, 11) is 0. The SMILES string of the molecule is Cc1ccc(CNc2ccc(NC(=O)C3CCC3)nn2)cc1. The lowest BCUT2D eigenvalue weighted by Crippen LogP contribution is -2.28. The van der Waals surface area contributed by atoms with Crippen molar-refractivity contribution in [2.24, 2.45) is 5.92 Å². The second-order valence-electron chi connectivity index (χ2n) is 5.76. The maximum Gasteiger partial charge on any atom is 0.228 e. The Bertz CT molecular complexity index is 633. The maximum atomic E-state index is 11.8. The zero-order valence-corrected chi connectivity index (χ0v) is 12.7. The molecule has 3 rings (SSSR count). The van der Waals surface area contributed by atoms with Crippen LogP contribution in [-0.2, 0) is 11.3 Å². The third-order valence-corrected chi connectivity index (χ3v) is 3.99. The Morgan fingerprint density at radius 1 is 1.09 bits per heavy atom. The first-order chi connectivity index (χ1) is 10.7. The number of carbonyl (C=O) groups excluding carboxylic acids is 1. The smallest absolute Gasteiger partial charge is 0.228 e. The predicted molar refractivity (Wildman–Crippen MR) is 86.5 cm³/mol. The minimum Gasteiger partial charge on any atom is -0.365 e.